The monoisotopic (exact) mass is 306 g/mol. The summed E-state index contributed by atoms with van der Waals surface area (Å²) in [7, 11) is 1.32. The number of rotatable bonds is 5. The number of benzene rings is 1. The lowest BCUT2D eigenvalue weighted by Crippen LogP contribution is -2.08. The van der Waals surface area contributed by atoms with Crippen LogP contribution in [-0.4, -0.2) is 18.1 Å². The average Bonchev–Trinajstić information content (AvgIpc) is 2.52. The minimum atomic E-state index is -2.46. The Balaban J connectivity index is 2.02. The predicted octanol–water partition coefficient (Wildman–Crippen LogP) is 3.73. The van der Waals surface area contributed by atoms with E-state index in [4.69, 9.17) is 0 Å². The maximum absolute atomic E-state index is 12.5. The van der Waals surface area contributed by atoms with Gasteiger partial charge in [-0.3, -0.25) is 0 Å². The van der Waals surface area contributed by atoms with Crippen molar-refractivity contribution in [2.24, 2.45) is 0 Å². The normalized spacial score (nSPS) is 10.6. The van der Waals surface area contributed by atoms with Gasteiger partial charge in [-0.25, -0.2) is 18.6 Å². The van der Waals surface area contributed by atoms with Gasteiger partial charge in [0, 0.05) is 12.1 Å². The van der Waals surface area contributed by atoms with Crippen LogP contribution in [0.2, 0.25) is 0 Å². The molecule has 2 rings (SSSR count). The van der Waals surface area contributed by atoms with E-state index >= 15 is 0 Å². The Morgan fingerprint density at radius 2 is 1.91 bits per heavy atom. The van der Waals surface area contributed by atoms with Gasteiger partial charge in [0.2, 0.25) is 0 Å². The Bertz CT molecular complexity index is 658. The fraction of sp³-hybridized carbons (Fsp3) is 0.250. The Hall–Kier alpha value is -2.50. The third-order valence-electron chi connectivity index (χ3n) is 3.20. The molecule has 0 atom stereocenters. The maximum Gasteiger partial charge on any atom is 0.339 e. The van der Waals surface area contributed by atoms with E-state index in [0.29, 0.717) is 23.6 Å². The summed E-state index contributed by atoms with van der Waals surface area (Å²) >= 11 is 0. The average molecular weight is 306 g/mol. The van der Waals surface area contributed by atoms with E-state index in [1.165, 1.54) is 19.2 Å². The zero-order valence-corrected chi connectivity index (χ0v) is 12.3. The number of carbonyl (C=O) groups is 1. The van der Waals surface area contributed by atoms with Crippen LogP contribution >= 0.6 is 0 Å². The number of nitrogens with zero attached hydrogens (tertiary/aromatic N) is 1. The van der Waals surface area contributed by atoms with Crippen LogP contribution in [0.15, 0.2) is 36.4 Å². The van der Waals surface area contributed by atoms with E-state index < -0.39 is 12.4 Å². The molecule has 0 aliphatic heterocycles. The van der Waals surface area contributed by atoms with Gasteiger partial charge in [-0.1, -0.05) is 24.3 Å². The Morgan fingerprint density at radius 1 is 1.23 bits per heavy atom. The molecule has 0 aliphatic rings. The summed E-state index contributed by atoms with van der Waals surface area (Å²) in [4.78, 5) is 15.7. The smallest absolute Gasteiger partial charge is 0.339 e. The first-order valence-electron chi connectivity index (χ1n) is 6.68. The van der Waals surface area contributed by atoms with Crippen LogP contribution in [-0.2, 0) is 11.3 Å². The van der Waals surface area contributed by atoms with Crippen LogP contribution in [0.5, 0.6) is 0 Å². The fourth-order valence-electron chi connectivity index (χ4n) is 1.96. The predicted molar refractivity (Wildman–Crippen MR) is 79.0 cm³/mol. The number of nitrogens with one attached hydrogen (secondary N) is 1. The second-order valence-corrected chi connectivity index (χ2v) is 4.72. The summed E-state index contributed by atoms with van der Waals surface area (Å²) in [5, 5.41) is 3.08. The lowest BCUT2D eigenvalue weighted by molar-refractivity contribution is 0.0599. The minimum Gasteiger partial charge on any atom is -0.465 e. The highest BCUT2D eigenvalue weighted by Gasteiger charge is 2.10. The van der Waals surface area contributed by atoms with Crippen LogP contribution in [0.3, 0.4) is 0 Å². The molecule has 0 aliphatic carbocycles. The first kappa shape index (κ1) is 15.9. The van der Waals surface area contributed by atoms with Crippen molar-refractivity contribution in [3.8, 4) is 0 Å². The third kappa shape index (κ3) is 3.78. The number of halogens is 2. The standard InChI is InChI=1S/C16H16F2N2O2/c1-10-13(16(21)22-2)7-8-14(20-10)19-9-11-3-5-12(6-4-11)15(17)18/h3-8,15H,9H2,1-2H3,(H,19,20). The molecule has 1 aromatic carbocycles. The largest absolute Gasteiger partial charge is 0.465 e. The number of alkyl halides is 2. The third-order valence-corrected chi connectivity index (χ3v) is 3.20. The van der Waals surface area contributed by atoms with Gasteiger partial charge >= 0.3 is 5.97 Å². The number of esters is 1. The summed E-state index contributed by atoms with van der Waals surface area (Å²) < 4.78 is 29.6. The molecular formula is C16H16F2N2O2. The lowest BCUT2D eigenvalue weighted by Gasteiger charge is -2.09. The number of anilines is 1. The van der Waals surface area contributed by atoms with Crippen molar-refractivity contribution in [1.29, 1.82) is 0 Å². The highest BCUT2D eigenvalue weighted by molar-refractivity contribution is 5.90. The van der Waals surface area contributed by atoms with Gasteiger partial charge in [0.1, 0.15) is 5.82 Å². The first-order chi connectivity index (χ1) is 10.5. The number of carbonyl (C=O) groups excluding carboxylic acids is 1. The fourth-order valence-corrected chi connectivity index (χ4v) is 1.96. The van der Waals surface area contributed by atoms with Gasteiger partial charge in [-0.2, -0.15) is 0 Å². The summed E-state index contributed by atoms with van der Waals surface area (Å²) in [6, 6.07) is 9.40. The number of hydrogen-bond donors (Lipinski definition) is 1. The molecule has 4 nitrogen and oxygen atoms in total. The molecule has 0 bridgehead atoms. The summed E-state index contributed by atoms with van der Waals surface area (Å²) in [6.07, 6.45) is -2.46. The van der Waals surface area contributed by atoms with Crippen molar-refractivity contribution in [3.05, 3.63) is 58.8 Å². The maximum atomic E-state index is 12.5. The lowest BCUT2D eigenvalue weighted by atomic mass is 10.1. The van der Waals surface area contributed by atoms with Gasteiger partial charge in [0.05, 0.1) is 18.4 Å². The van der Waals surface area contributed by atoms with E-state index in [9.17, 15) is 13.6 Å². The van der Waals surface area contributed by atoms with Crippen LogP contribution in [0, 0.1) is 6.92 Å². The van der Waals surface area contributed by atoms with E-state index in [1.54, 1.807) is 31.2 Å². The molecular weight excluding hydrogens is 290 g/mol. The Kier molecular flexibility index (Phi) is 5.04. The van der Waals surface area contributed by atoms with Gasteiger partial charge in [-0.15, -0.1) is 0 Å². The number of pyridine rings is 1. The summed E-state index contributed by atoms with van der Waals surface area (Å²) in [5.74, 6) is 0.169. The molecule has 1 aromatic heterocycles. The van der Waals surface area contributed by atoms with Crippen molar-refractivity contribution in [1.82, 2.24) is 4.98 Å². The molecule has 2 aromatic rings. The highest BCUT2D eigenvalue weighted by atomic mass is 19.3. The molecule has 1 heterocycles. The molecule has 0 radical (unpaired) electrons. The van der Waals surface area contributed by atoms with Gasteiger partial charge in [-0.05, 0) is 24.6 Å². The van der Waals surface area contributed by atoms with E-state index in [0.717, 1.165) is 5.56 Å². The Labute approximate surface area is 127 Å². The molecule has 0 fully saturated rings. The van der Waals surface area contributed by atoms with Crippen molar-refractivity contribution in [2.45, 2.75) is 19.9 Å². The molecule has 0 spiro atoms. The van der Waals surface area contributed by atoms with Crippen LogP contribution < -0.4 is 5.32 Å². The molecule has 0 saturated carbocycles. The SMILES string of the molecule is COC(=O)c1ccc(NCc2ccc(C(F)F)cc2)nc1C. The first-order valence-corrected chi connectivity index (χ1v) is 6.68. The van der Waals surface area contributed by atoms with E-state index in [-0.39, 0.29) is 5.56 Å². The van der Waals surface area contributed by atoms with Crippen LogP contribution in [0.4, 0.5) is 14.6 Å². The molecule has 6 heteroatoms. The van der Waals surface area contributed by atoms with E-state index in [2.05, 4.69) is 15.0 Å². The number of methoxy groups -OCH3 is 1. The van der Waals surface area contributed by atoms with Gasteiger partial charge < -0.3 is 10.1 Å². The summed E-state index contributed by atoms with van der Waals surface area (Å²) in [6.45, 7) is 2.17. The zero-order valence-electron chi connectivity index (χ0n) is 12.3. The van der Waals surface area contributed by atoms with Crippen molar-refractivity contribution < 1.29 is 18.3 Å². The molecule has 1 N–H and O–H groups in total. The van der Waals surface area contributed by atoms with Crippen molar-refractivity contribution >= 4 is 11.8 Å². The second-order valence-electron chi connectivity index (χ2n) is 4.72. The molecule has 0 unspecified atom stereocenters. The summed E-state index contributed by atoms with van der Waals surface area (Å²) in [5.41, 5.74) is 1.83. The molecule has 0 saturated heterocycles. The highest BCUT2D eigenvalue weighted by Crippen LogP contribution is 2.19. The van der Waals surface area contributed by atoms with Crippen molar-refractivity contribution in [2.75, 3.05) is 12.4 Å². The van der Waals surface area contributed by atoms with Crippen molar-refractivity contribution in [3.63, 3.8) is 0 Å². The number of aromatic nitrogens is 1. The number of hydrogen-bond acceptors (Lipinski definition) is 4. The number of ether oxygens (including phenoxy) is 1. The quantitative estimate of drug-likeness (QED) is 0.855. The second kappa shape index (κ2) is 6.98. The molecule has 0 amide bonds. The van der Waals surface area contributed by atoms with Crippen LogP contribution in [0.25, 0.3) is 0 Å². The Morgan fingerprint density at radius 3 is 2.45 bits per heavy atom. The van der Waals surface area contributed by atoms with E-state index in [1.807, 2.05) is 0 Å². The number of aryl methyl sites for hydroxylation is 1. The van der Waals surface area contributed by atoms with Crippen LogP contribution in [0.1, 0.15) is 33.6 Å². The molecule has 22 heavy (non-hydrogen) atoms. The molecule has 116 valence electrons. The van der Waals surface area contributed by atoms with Gasteiger partial charge in [0.15, 0.2) is 0 Å². The minimum absolute atomic E-state index is 0.000139. The van der Waals surface area contributed by atoms with Gasteiger partial charge in [0.25, 0.3) is 6.43 Å². The zero-order chi connectivity index (χ0) is 16.1. The topological polar surface area (TPSA) is 51.2 Å².